The highest BCUT2D eigenvalue weighted by Crippen LogP contribution is 2.13. The van der Waals surface area contributed by atoms with Crippen LogP contribution >= 0.6 is 11.6 Å². The van der Waals surface area contributed by atoms with E-state index in [-0.39, 0.29) is 18.2 Å². The molecule has 0 heterocycles. The summed E-state index contributed by atoms with van der Waals surface area (Å²) in [6.07, 6.45) is 1.69. The van der Waals surface area contributed by atoms with E-state index in [4.69, 9.17) is 16.3 Å². The van der Waals surface area contributed by atoms with Crippen molar-refractivity contribution in [1.82, 2.24) is 0 Å². The van der Waals surface area contributed by atoms with Gasteiger partial charge >= 0.3 is 5.97 Å². The minimum Gasteiger partial charge on any atom is -0.466 e. The Morgan fingerprint density at radius 1 is 1.28 bits per heavy atom. The molecule has 0 atom stereocenters. The molecule has 0 saturated carbocycles. The number of carbonyl (C=O) groups excluding carboxylic acids is 2. The third-order valence-electron chi connectivity index (χ3n) is 2.34. The minimum absolute atomic E-state index is 0.110. The van der Waals surface area contributed by atoms with Gasteiger partial charge in [-0.05, 0) is 43.7 Å². The second-order valence-electron chi connectivity index (χ2n) is 3.73. The van der Waals surface area contributed by atoms with Crippen molar-refractivity contribution in [2.75, 3.05) is 6.61 Å². The number of Topliss-reactive ketones (excluding diaryl/α,β-unsaturated/α-hetero) is 1. The number of ether oxygens (including phenoxy) is 1. The fraction of sp³-hybridized carbons (Fsp3) is 0.286. The summed E-state index contributed by atoms with van der Waals surface area (Å²) in [6, 6.07) is 6.64. The topological polar surface area (TPSA) is 43.4 Å². The van der Waals surface area contributed by atoms with Crippen LogP contribution in [0.4, 0.5) is 0 Å². The number of ketones is 1. The molecule has 0 aliphatic heterocycles. The van der Waals surface area contributed by atoms with Crippen molar-refractivity contribution >= 4 is 23.4 Å². The molecule has 0 aliphatic carbocycles. The summed E-state index contributed by atoms with van der Waals surface area (Å²) in [6.45, 7) is 3.76. The molecule has 3 nitrogen and oxygen atoms in total. The maximum absolute atomic E-state index is 12.0. The SMILES string of the molecule is CCOC(=O)C/C=C(\C)C(=O)c1ccc(Cl)cc1. The van der Waals surface area contributed by atoms with Gasteiger partial charge in [-0.1, -0.05) is 17.7 Å². The first-order chi connectivity index (χ1) is 8.54. The number of allylic oxidation sites excluding steroid dienone is 1. The van der Waals surface area contributed by atoms with Crippen LogP contribution in [0, 0.1) is 0 Å². The van der Waals surface area contributed by atoms with Crippen molar-refractivity contribution < 1.29 is 14.3 Å². The molecule has 96 valence electrons. The summed E-state index contributed by atoms with van der Waals surface area (Å²) in [5, 5.41) is 0.583. The van der Waals surface area contributed by atoms with Gasteiger partial charge in [0.25, 0.3) is 0 Å². The van der Waals surface area contributed by atoms with Gasteiger partial charge < -0.3 is 4.74 Å². The van der Waals surface area contributed by atoms with Crippen molar-refractivity contribution in [3.63, 3.8) is 0 Å². The summed E-state index contributed by atoms with van der Waals surface area (Å²) in [7, 11) is 0. The zero-order valence-electron chi connectivity index (χ0n) is 10.4. The van der Waals surface area contributed by atoms with Gasteiger partial charge in [-0.3, -0.25) is 9.59 Å². The Morgan fingerprint density at radius 3 is 2.44 bits per heavy atom. The molecule has 0 amide bonds. The second kappa shape index (κ2) is 6.97. The molecule has 0 saturated heterocycles. The number of halogens is 1. The number of hydrogen-bond acceptors (Lipinski definition) is 3. The zero-order valence-corrected chi connectivity index (χ0v) is 11.2. The number of rotatable bonds is 5. The molecule has 4 heteroatoms. The molecule has 0 N–H and O–H groups in total. The second-order valence-corrected chi connectivity index (χ2v) is 4.17. The lowest BCUT2D eigenvalue weighted by Gasteiger charge is -2.02. The molecule has 0 spiro atoms. The van der Waals surface area contributed by atoms with Crippen LogP contribution in [-0.4, -0.2) is 18.4 Å². The van der Waals surface area contributed by atoms with Gasteiger partial charge in [0.1, 0.15) is 0 Å². The van der Waals surface area contributed by atoms with E-state index < -0.39 is 0 Å². The molecule has 1 aromatic carbocycles. The van der Waals surface area contributed by atoms with Gasteiger partial charge in [-0.25, -0.2) is 0 Å². The normalized spacial score (nSPS) is 11.2. The van der Waals surface area contributed by atoms with Crippen LogP contribution in [0.15, 0.2) is 35.9 Å². The Balaban J connectivity index is 2.69. The first-order valence-electron chi connectivity index (χ1n) is 5.67. The van der Waals surface area contributed by atoms with Crippen LogP contribution in [0.3, 0.4) is 0 Å². The molecule has 18 heavy (non-hydrogen) atoms. The Hall–Kier alpha value is -1.61. The molecule has 0 aliphatic rings. The average molecular weight is 267 g/mol. The Kier molecular flexibility index (Phi) is 5.59. The van der Waals surface area contributed by atoms with E-state index >= 15 is 0 Å². The highest BCUT2D eigenvalue weighted by Gasteiger charge is 2.08. The molecular formula is C14H15ClO3. The van der Waals surface area contributed by atoms with Crippen molar-refractivity contribution in [2.45, 2.75) is 20.3 Å². The summed E-state index contributed by atoms with van der Waals surface area (Å²) in [5.41, 5.74) is 1.07. The molecule has 0 bridgehead atoms. The Labute approximate surface area is 111 Å². The quantitative estimate of drug-likeness (QED) is 0.466. The van der Waals surface area contributed by atoms with Crippen LogP contribution in [-0.2, 0) is 9.53 Å². The maximum atomic E-state index is 12.0. The summed E-state index contributed by atoms with van der Waals surface area (Å²) in [5.74, 6) is -0.447. The molecule has 1 rings (SSSR count). The van der Waals surface area contributed by atoms with Crippen LogP contribution in [0.2, 0.25) is 5.02 Å². The largest absolute Gasteiger partial charge is 0.466 e. The predicted octanol–water partition coefficient (Wildman–Crippen LogP) is 3.42. The fourth-order valence-corrected chi connectivity index (χ4v) is 1.50. The van der Waals surface area contributed by atoms with E-state index in [9.17, 15) is 9.59 Å². The van der Waals surface area contributed by atoms with Crippen LogP contribution < -0.4 is 0 Å². The van der Waals surface area contributed by atoms with Gasteiger partial charge in [0, 0.05) is 10.6 Å². The summed E-state index contributed by atoms with van der Waals surface area (Å²) in [4.78, 5) is 23.1. The third kappa shape index (κ3) is 4.34. The fourth-order valence-electron chi connectivity index (χ4n) is 1.38. The third-order valence-corrected chi connectivity index (χ3v) is 2.60. The van der Waals surface area contributed by atoms with Crippen LogP contribution in [0.5, 0.6) is 0 Å². The van der Waals surface area contributed by atoms with Gasteiger partial charge in [0.15, 0.2) is 5.78 Å². The predicted molar refractivity (Wildman–Crippen MR) is 70.8 cm³/mol. The monoisotopic (exact) mass is 266 g/mol. The number of esters is 1. The summed E-state index contributed by atoms with van der Waals surface area (Å²) < 4.78 is 4.78. The van der Waals surface area contributed by atoms with Gasteiger partial charge in [-0.2, -0.15) is 0 Å². The molecule has 0 aromatic heterocycles. The summed E-state index contributed by atoms with van der Waals surface area (Å²) >= 11 is 5.75. The molecule has 0 unspecified atom stereocenters. The van der Waals surface area contributed by atoms with E-state index in [1.807, 2.05) is 0 Å². The lowest BCUT2D eigenvalue weighted by atomic mass is 10.0. The Bertz CT molecular complexity index is 460. The first kappa shape index (κ1) is 14.5. The van der Waals surface area contributed by atoms with Gasteiger partial charge in [-0.15, -0.1) is 0 Å². The maximum Gasteiger partial charge on any atom is 0.309 e. The molecule has 0 radical (unpaired) electrons. The number of benzene rings is 1. The van der Waals surface area contributed by atoms with E-state index in [0.29, 0.717) is 22.8 Å². The van der Waals surface area contributed by atoms with Crippen molar-refractivity contribution in [2.24, 2.45) is 0 Å². The van der Waals surface area contributed by atoms with Crippen molar-refractivity contribution in [3.05, 3.63) is 46.5 Å². The van der Waals surface area contributed by atoms with E-state index in [1.165, 1.54) is 0 Å². The lowest BCUT2D eigenvalue weighted by Crippen LogP contribution is -2.04. The van der Waals surface area contributed by atoms with Crippen molar-refractivity contribution in [3.8, 4) is 0 Å². The minimum atomic E-state index is -0.333. The Morgan fingerprint density at radius 2 is 1.89 bits per heavy atom. The first-order valence-corrected chi connectivity index (χ1v) is 6.05. The number of carbonyl (C=O) groups is 2. The zero-order chi connectivity index (χ0) is 13.5. The van der Waals surface area contributed by atoms with Gasteiger partial charge in [0.2, 0.25) is 0 Å². The molecule has 0 fully saturated rings. The van der Waals surface area contributed by atoms with Crippen LogP contribution in [0.25, 0.3) is 0 Å². The van der Waals surface area contributed by atoms with E-state index in [0.717, 1.165) is 0 Å². The smallest absolute Gasteiger partial charge is 0.309 e. The van der Waals surface area contributed by atoms with E-state index in [1.54, 1.807) is 44.2 Å². The number of hydrogen-bond donors (Lipinski definition) is 0. The lowest BCUT2D eigenvalue weighted by molar-refractivity contribution is -0.142. The highest BCUT2D eigenvalue weighted by molar-refractivity contribution is 6.30. The molecule has 1 aromatic rings. The van der Waals surface area contributed by atoms with Gasteiger partial charge in [0.05, 0.1) is 13.0 Å². The highest BCUT2D eigenvalue weighted by atomic mass is 35.5. The van der Waals surface area contributed by atoms with Crippen LogP contribution in [0.1, 0.15) is 30.6 Å². The van der Waals surface area contributed by atoms with E-state index in [2.05, 4.69) is 0 Å². The van der Waals surface area contributed by atoms with Crippen molar-refractivity contribution in [1.29, 1.82) is 0 Å². The standard InChI is InChI=1S/C14H15ClO3/c1-3-18-13(16)9-4-10(2)14(17)11-5-7-12(15)8-6-11/h4-8H,3,9H2,1-2H3/b10-4+. The molecular weight excluding hydrogens is 252 g/mol. The average Bonchev–Trinajstić information content (AvgIpc) is 2.36.